The maximum Gasteiger partial charge on any atom is 0.270 e. The molecule has 2 aromatic carbocycles. The van der Waals surface area contributed by atoms with Crippen LogP contribution in [0.4, 0.5) is 8.78 Å². The molecule has 0 saturated carbocycles. The van der Waals surface area contributed by atoms with Gasteiger partial charge in [-0.05, 0) is 49.4 Å². The van der Waals surface area contributed by atoms with Crippen LogP contribution in [0, 0.1) is 11.6 Å². The van der Waals surface area contributed by atoms with Crippen molar-refractivity contribution in [1.29, 1.82) is 0 Å². The summed E-state index contributed by atoms with van der Waals surface area (Å²) in [6, 6.07) is 10.3. The van der Waals surface area contributed by atoms with Crippen molar-refractivity contribution in [2.24, 2.45) is 0 Å². The first-order valence-corrected chi connectivity index (χ1v) is 8.85. The predicted octanol–water partition coefficient (Wildman–Crippen LogP) is 4.42. The van der Waals surface area contributed by atoms with Gasteiger partial charge in [0.2, 0.25) is 0 Å². The molecule has 1 heterocycles. The summed E-state index contributed by atoms with van der Waals surface area (Å²) in [4.78, 5) is 16.1. The lowest BCUT2D eigenvalue weighted by Gasteiger charge is -2.08. The number of carbonyl (C=O) groups excluding carboxylic acids is 1. The summed E-state index contributed by atoms with van der Waals surface area (Å²) in [7, 11) is 0. The number of thiazole rings is 1. The average Bonchev–Trinajstić information content (AvgIpc) is 3.13. The molecule has 0 fully saturated rings. The third kappa shape index (κ3) is 4.23. The SMILES string of the molecule is CCNC(=O)c1csc(-c2ccc(OCc3cc(F)ccc3F)cc2)n1. The smallest absolute Gasteiger partial charge is 0.270 e. The molecule has 0 aliphatic rings. The Kier molecular flexibility index (Phi) is 5.58. The fourth-order valence-electron chi connectivity index (χ4n) is 2.27. The normalized spacial score (nSPS) is 10.6. The minimum absolute atomic E-state index is 0.0679. The lowest BCUT2D eigenvalue weighted by Crippen LogP contribution is -2.22. The Morgan fingerprint density at radius 3 is 2.69 bits per heavy atom. The number of carbonyl (C=O) groups is 1. The van der Waals surface area contributed by atoms with Gasteiger partial charge in [-0.25, -0.2) is 13.8 Å². The Morgan fingerprint density at radius 1 is 1.19 bits per heavy atom. The van der Waals surface area contributed by atoms with E-state index in [0.29, 0.717) is 23.0 Å². The van der Waals surface area contributed by atoms with Gasteiger partial charge in [0.1, 0.15) is 34.7 Å². The zero-order valence-corrected chi connectivity index (χ0v) is 14.8. The molecule has 1 aromatic heterocycles. The summed E-state index contributed by atoms with van der Waals surface area (Å²) in [6.45, 7) is 2.32. The van der Waals surface area contributed by atoms with Crippen molar-refractivity contribution >= 4 is 17.2 Å². The van der Waals surface area contributed by atoms with Crippen molar-refractivity contribution < 1.29 is 18.3 Å². The largest absolute Gasteiger partial charge is 0.489 e. The quantitative estimate of drug-likeness (QED) is 0.695. The van der Waals surface area contributed by atoms with Gasteiger partial charge in [-0.2, -0.15) is 0 Å². The highest BCUT2D eigenvalue weighted by Crippen LogP contribution is 2.26. The second-order valence-corrected chi connectivity index (χ2v) is 6.30. The lowest BCUT2D eigenvalue weighted by molar-refractivity contribution is 0.0951. The summed E-state index contributed by atoms with van der Waals surface area (Å²) < 4.78 is 32.3. The van der Waals surface area contributed by atoms with Gasteiger partial charge in [-0.1, -0.05) is 0 Å². The van der Waals surface area contributed by atoms with Gasteiger partial charge in [0.15, 0.2) is 0 Å². The van der Waals surface area contributed by atoms with Crippen LogP contribution >= 0.6 is 11.3 Å². The Labute approximate surface area is 153 Å². The fraction of sp³-hybridized carbons (Fsp3) is 0.158. The molecule has 0 spiro atoms. The standard InChI is InChI=1S/C19H16F2N2O2S/c1-2-22-18(24)17-11-26-19(23-17)12-3-6-15(7-4-12)25-10-13-9-14(20)5-8-16(13)21/h3-9,11H,2,10H2,1H3,(H,22,24). The lowest BCUT2D eigenvalue weighted by atomic mass is 10.2. The van der Waals surface area contributed by atoms with E-state index in [4.69, 9.17) is 4.74 Å². The van der Waals surface area contributed by atoms with E-state index in [1.165, 1.54) is 11.3 Å². The Hall–Kier alpha value is -2.80. The predicted molar refractivity (Wildman–Crippen MR) is 96.2 cm³/mol. The molecule has 1 N–H and O–H groups in total. The van der Waals surface area contributed by atoms with Crippen LogP contribution in [0.25, 0.3) is 10.6 Å². The monoisotopic (exact) mass is 374 g/mol. The Balaban J connectivity index is 1.67. The number of amides is 1. The fourth-order valence-corrected chi connectivity index (χ4v) is 3.08. The average molecular weight is 374 g/mol. The van der Waals surface area contributed by atoms with Crippen LogP contribution in [0.15, 0.2) is 47.8 Å². The Bertz CT molecular complexity index is 910. The second kappa shape index (κ2) is 8.05. The van der Waals surface area contributed by atoms with Gasteiger partial charge in [-0.3, -0.25) is 4.79 Å². The molecule has 0 atom stereocenters. The zero-order valence-electron chi connectivity index (χ0n) is 14.0. The van der Waals surface area contributed by atoms with Crippen molar-refractivity contribution in [2.75, 3.05) is 6.54 Å². The zero-order chi connectivity index (χ0) is 18.5. The van der Waals surface area contributed by atoms with Crippen molar-refractivity contribution in [2.45, 2.75) is 13.5 Å². The van der Waals surface area contributed by atoms with Gasteiger partial charge >= 0.3 is 0 Å². The molecule has 0 bridgehead atoms. The van der Waals surface area contributed by atoms with E-state index >= 15 is 0 Å². The number of ether oxygens (including phenoxy) is 1. The van der Waals surface area contributed by atoms with E-state index < -0.39 is 11.6 Å². The Morgan fingerprint density at radius 2 is 1.96 bits per heavy atom. The van der Waals surface area contributed by atoms with Crippen LogP contribution in [-0.2, 0) is 6.61 Å². The third-order valence-electron chi connectivity index (χ3n) is 3.58. The topological polar surface area (TPSA) is 51.2 Å². The molecule has 0 aliphatic carbocycles. The van der Waals surface area contributed by atoms with Crippen molar-refractivity contribution in [3.8, 4) is 16.3 Å². The molecule has 0 radical (unpaired) electrons. The van der Waals surface area contributed by atoms with E-state index in [2.05, 4.69) is 10.3 Å². The van der Waals surface area contributed by atoms with Gasteiger partial charge in [0.25, 0.3) is 5.91 Å². The number of nitrogens with one attached hydrogen (secondary N) is 1. The molecule has 0 unspecified atom stereocenters. The second-order valence-electron chi connectivity index (χ2n) is 5.45. The first-order chi connectivity index (χ1) is 12.6. The third-order valence-corrected chi connectivity index (χ3v) is 4.47. The molecular formula is C19H16F2N2O2S. The highest BCUT2D eigenvalue weighted by atomic mass is 32.1. The number of aromatic nitrogens is 1. The summed E-state index contributed by atoms with van der Waals surface area (Å²) >= 11 is 1.37. The number of hydrogen-bond donors (Lipinski definition) is 1. The summed E-state index contributed by atoms with van der Waals surface area (Å²) in [5.74, 6) is -0.694. The van der Waals surface area contributed by atoms with Crippen LogP contribution in [0.3, 0.4) is 0 Å². The maximum absolute atomic E-state index is 13.6. The van der Waals surface area contributed by atoms with Crippen LogP contribution in [0.5, 0.6) is 5.75 Å². The molecule has 1 amide bonds. The molecule has 7 heteroatoms. The molecular weight excluding hydrogens is 358 g/mol. The summed E-state index contributed by atoms with van der Waals surface area (Å²) in [5.41, 5.74) is 1.38. The van der Waals surface area contributed by atoms with E-state index in [-0.39, 0.29) is 18.1 Å². The first-order valence-electron chi connectivity index (χ1n) is 7.97. The van der Waals surface area contributed by atoms with E-state index in [9.17, 15) is 13.6 Å². The van der Waals surface area contributed by atoms with Gasteiger partial charge in [-0.15, -0.1) is 11.3 Å². The van der Waals surface area contributed by atoms with E-state index in [0.717, 1.165) is 23.8 Å². The maximum atomic E-state index is 13.6. The first kappa shape index (κ1) is 18.0. The summed E-state index contributed by atoms with van der Waals surface area (Å²) in [6.07, 6.45) is 0. The van der Waals surface area contributed by atoms with Crippen LogP contribution in [0.1, 0.15) is 23.0 Å². The molecule has 3 aromatic rings. The molecule has 26 heavy (non-hydrogen) atoms. The number of rotatable bonds is 6. The van der Waals surface area contributed by atoms with Gasteiger partial charge in [0, 0.05) is 23.1 Å². The highest BCUT2D eigenvalue weighted by Gasteiger charge is 2.11. The van der Waals surface area contributed by atoms with Crippen LogP contribution < -0.4 is 10.1 Å². The highest BCUT2D eigenvalue weighted by molar-refractivity contribution is 7.13. The molecule has 0 saturated heterocycles. The minimum Gasteiger partial charge on any atom is -0.489 e. The van der Waals surface area contributed by atoms with Crippen LogP contribution in [0.2, 0.25) is 0 Å². The number of halogens is 2. The minimum atomic E-state index is -0.510. The van der Waals surface area contributed by atoms with E-state index in [1.807, 2.05) is 6.92 Å². The molecule has 3 rings (SSSR count). The van der Waals surface area contributed by atoms with E-state index in [1.54, 1.807) is 29.6 Å². The van der Waals surface area contributed by atoms with Gasteiger partial charge in [0.05, 0.1) is 0 Å². The van der Waals surface area contributed by atoms with Crippen molar-refractivity contribution in [3.63, 3.8) is 0 Å². The number of benzene rings is 2. The summed E-state index contributed by atoms with van der Waals surface area (Å²) in [5, 5.41) is 5.13. The van der Waals surface area contributed by atoms with Crippen molar-refractivity contribution in [3.05, 3.63) is 70.7 Å². The molecule has 4 nitrogen and oxygen atoms in total. The van der Waals surface area contributed by atoms with Crippen molar-refractivity contribution in [1.82, 2.24) is 10.3 Å². The number of nitrogens with zero attached hydrogens (tertiary/aromatic N) is 1. The number of hydrogen-bond acceptors (Lipinski definition) is 4. The van der Waals surface area contributed by atoms with Crippen LogP contribution in [-0.4, -0.2) is 17.4 Å². The van der Waals surface area contributed by atoms with Gasteiger partial charge < -0.3 is 10.1 Å². The molecule has 134 valence electrons. The molecule has 0 aliphatic heterocycles.